The van der Waals surface area contributed by atoms with Crippen LogP contribution in [0, 0.1) is 0 Å². The van der Waals surface area contributed by atoms with Crippen molar-refractivity contribution in [3.63, 3.8) is 0 Å². The van der Waals surface area contributed by atoms with Crippen molar-refractivity contribution < 1.29 is 18.7 Å². The highest BCUT2D eigenvalue weighted by molar-refractivity contribution is 6.00. The molecule has 7 heteroatoms. The van der Waals surface area contributed by atoms with Crippen LogP contribution in [-0.2, 0) is 9.59 Å². The largest absolute Gasteiger partial charge is 0.479 e. The van der Waals surface area contributed by atoms with Crippen LogP contribution in [0.5, 0.6) is 5.75 Å². The number of carbonyl (C=O) groups excluding carboxylic acids is 2. The van der Waals surface area contributed by atoms with Crippen molar-refractivity contribution in [1.82, 2.24) is 10.2 Å². The van der Waals surface area contributed by atoms with Crippen molar-refractivity contribution in [3.8, 4) is 5.75 Å². The zero-order chi connectivity index (χ0) is 20.9. The summed E-state index contributed by atoms with van der Waals surface area (Å²) in [6.45, 7) is 4.58. The Balaban J connectivity index is 1.35. The number of nitrogens with one attached hydrogen (secondary N) is 1. The molecule has 2 aliphatic heterocycles. The fourth-order valence-corrected chi connectivity index (χ4v) is 4.22. The van der Waals surface area contributed by atoms with Gasteiger partial charge in [-0.3, -0.25) is 14.5 Å². The highest BCUT2D eigenvalue weighted by Gasteiger charge is 2.31. The van der Waals surface area contributed by atoms with Crippen LogP contribution in [0.2, 0.25) is 0 Å². The molecule has 2 unspecified atom stereocenters. The lowest BCUT2D eigenvalue weighted by molar-refractivity contribution is -0.125. The van der Waals surface area contributed by atoms with Gasteiger partial charge in [-0.25, -0.2) is 0 Å². The summed E-state index contributed by atoms with van der Waals surface area (Å²) in [5, 5.41) is 3.05. The summed E-state index contributed by atoms with van der Waals surface area (Å²) in [5.41, 5.74) is 0.718. The van der Waals surface area contributed by atoms with Crippen LogP contribution in [0.3, 0.4) is 0 Å². The SMILES string of the molecule is CC1Oc2ccccc2N(CCC(=O)NCC(c2ccco2)N2CCCCC2)C1=O. The smallest absolute Gasteiger partial charge is 0.267 e. The van der Waals surface area contributed by atoms with Crippen LogP contribution >= 0.6 is 0 Å². The van der Waals surface area contributed by atoms with Gasteiger partial charge in [0.2, 0.25) is 5.91 Å². The molecule has 0 bridgehead atoms. The van der Waals surface area contributed by atoms with Gasteiger partial charge in [0.25, 0.3) is 5.91 Å². The molecule has 1 aromatic carbocycles. The van der Waals surface area contributed by atoms with Gasteiger partial charge in [-0.1, -0.05) is 18.6 Å². The molecule has 2 atom stereocenters. The number of benzene rings is 1. The summed E-state index contributed by atoms with van der Waals surface area (Å²) in [4.78, 5) is 29.2. The zero-order valence-electron chi connectivity index (χ0n) is 17.4. The Bertz CT molecular complexity index is 861. The summed E-state index contributed by atoms with van der Waals surface area (Å²) in [7, 11) is 0. The minimum absolute atomic E-state index is 0.0371. The molecular weight excluding hydrogens is 382 g/mol. The number of nitrogens with zero attached hydrogens (tertiary/aromatic N) is 2. The third-order valence-corrected chi connectivity index (χ3v) is 5.83. The number of rotatable bonds is 7. The normalized spacial score (nSPS) is 20.4. The molecule has 1 aromatic heterocycles. The van der Waals surface area contributed by atoms with E-state index in [0.717, 1.165) is 24.5 Å². The number of ether oxygens (including phenoxy) is 1. The number of hydrogen-bond acceptors (Lipinski definition) is 5. The molecule has 0 spiro atoms. The van der Waals surface area contributed by atoms with E-state index in [1.165, 1.54) is 19.3 Å². The quantitative estimate of drug-likeness (QED) is 0.758. The van der Waals surface area contributed by atoms with Crippen molar-refractivity contribution in [1.29, 1.82) is 0 Å². The van der Waals surface area contributed by atoms with Gasteiger partial charge >= 0.3 is 0 Å². The van der Waals surface area contributed by atoms with E-state index in [4.69, 9.17) is 9.15 Å². The molecule has 0 radical (unpaired) electrons. The third-order valence-electron chi connectivity index (χ3n) is 5.83. The number of anilines is 1. The molecule has 2 amide bonds. The molecule has 2 aliphatic rings. The molecule has 3 heterocycles. The number of carbonyl (C=O) groups is 2. The highest BCUT2D eigenvalue weighted by Crippen LogP contribution is 2.33. The molecule has 160 valence electrons. The summed E-state index contributed by atoms with van der Waals surface area (Å²) in [6, 6.07) is 11.3. The summed E-state index contributed by atoms with van der Waals surface area (Å²) in [5.74, 6) is 1.35. The van der Waals surface area contributed by atoms with Gasteiger partial charge < -0.3 is 19.4 Å². The van der Waals surface area contributed by atoms with Gasteiger partial charge in [0.15, 0.2) is 6.10 Å². The van der Waals surface area contributed by atoms with E-state index in [9.17, 15) is 9.59 Å². The maximum absolute atomic E-state index is 12.6. The van der Waals surface area contributed by atoms with Crippen LogP contribution < -0.4 is 15.0 Å². The molecule has 0 saturated carbocycles. The molecule has 30 heavy (non-hydrogen) atoms. The van der Waals surface area contributed by atoms with Crippen molar-refractivity contribution >= 4 is 17.5 Å². The first-order valence-electron chi connectivity index (χ1n) is 10.7. The predicted octanol–water partition coefficient (Wildman–Crippen LogP) is 3.13. The highest BCUT2D eigenvalue weighted by atomic mass is 16.5. The Morgan fingerprint density at radius 3 is 2.73 bits per heavy atom. The predicted molar refractivity (Wildman–Crippen MR) is 113 cm³/mol. The average Bonchev–Trinajstić information content (AvgIpc) is 3.29. The Morgan fingerprint density at radius 1 is 1.17 bits per heavy atom. The first-order chi connectivity index (χ1) is 14.6. The first-order valence-corrected chi connectivity index (χ1v) is 10.7. The van der Waals surface area contributed by atoms with Crippen LogP contribution in [-0.4, -0.2) is 49.0 Å². The Morgan fingerprint density at radius 2 is 1.97 bits per heavy atom. The molecule has 0 aliphatic carbocycles. The topological polar surface area (TPSA) is 75.0 Å². The molecular formula is C23H29N3O4. The number of para-hydroxylation sites is 2. The molecule has 1 fully saturated rings. The fraction of sp³-hybridized carbons (Fsp3) is 0.478. The molecule has 2 aromatic rings. The molecule has 7 nitrogen and oxygen atoms in total. The van der Waals surface area contributed by atoms with Gasteiger partial charge in [0, 0.05) is 19.5 Å². The Kier molecular flexibility index (Phi) is 6.38. The second-order valence-corrected chi connectivity index (χ2v) is 7.90. The van der Waals surface area contributed by atoms with E-state index in [1.54, 1.807) is 18.1 Å². The summed E-state index contributed by atoms with van der Waals surface area (Å²) < 4.78 is 11.3. The van der Waals surface area contributed by atoms with Gasteiger partial charge in [-0.15, -0.1) is 0 Å². The fourth-order valence-electron chi connectivity index (χ4n) is 4.22. The van der Waals surface area contributed by atoms with E-state index in [1.807, 2.05) is 36.4 Å². The zero-order valence-corrected chi connectivity index (χ0v) is 17.4. The lowest BCUT2D eigenvalue weighted by atomic mass is 10.1. The number of amides is 2. The molecule has 1 saturated heterocycles. The Hall–Kier alpha value is -2.80. The maximum atomic E-state index is 12.6. The third kappa shape index (κ3) is 4.51. The second kappa shape index (κ2) is 9.34. The van der Waals surface area contributed by atoms with Crippen molar-refractivity contribution in [2.24, 2.45) is 0 Å². The standard InChI is InChI=1S/C23H29N3O4/c1-17-23(28)26(18-8-3-4-9-21(18)30-17)14-11-22(27)24-16-19(20-10-7-15-29-20)25-12-5-2-6-13-25/h3-4,7-10,15,17,19H,2,5-6,11-14,16H2,1H3,(H,24,27). The van der Waals surface area contributed by atoms with Crippen LogP contribution in [0.1, 0.15) is 44.4 Å². The van der Waals surface area contributed by atoms with Crippen LogP contribution in [0.15, 0.2) is 47.1 Å². The van der Waals surface area contributed by atoms with Gasteiger partial charge in [0.05, 0.1) is 18.0 Å². The monoisotopic (exact) mass is 411 g/mol. The minimum atomic E-state index is -0.551. The van der Waals surface area contributed by atoms with E-state index >= 15 is 0 Å². The number of piperidine rings is 1. The number of fused-ring (bicyclic) bond motifs is 1. The summed E-state index contributed by atoms with van der Waals surface area (Å²) in [6.07, 6.45) is 4.95. The number of furan rings is 1. The van der Waals surface area contributed by atoms with E-state index in [2.05, 4.69) is 10.2 Å². The number of likely N-dealkylation sites (tertiary alicyclic amines) is 1. The minimum Gasteiger partial charge on any atom is -0.479 e. The average molecular weight is 412 g/mol. The Labute approximate surface area is 177 Å². The van der Waals surface area contributed by atoms with Crippen molar-refractivity contribution in [2.45, 2.75) is 44.8 Å². The first kappa shape index (κ1) is 20.5. The second-order valence-electron chi connectivity index (χ2n) is 7.90. The van der Waals surface area contributed by atoms with Crippen LogP contribution in [0.25, 0.3) is 0 Å². The van der Waals surface area contributed by atoms with Gasteiger partial charge in [-0.2, -0.15) is 0 Å². The van der Waals surface area contributed by atoms with E-state index < -0.39 is 6.10 Å². The lowest BCUT2D eigenvalue weighted by Crippen LogP contribution is -2.46. The lowest BCUT2D eigenvalue weighted by Gasteiger charge is -2.34. The van der Waals surface area contributed by atoms with Crippen molar-refractivity contribution in [3.05, 3.63) is 48.4 Å². The van der Waals surface area contributed by atoms with E-state index in [0.29, 0.717) is 18.8 Å². The van der Waals surface area contributed by atoms with E-state index in [-0.39, 0.29) is 24.3 Å². The number of hydrogen-bond donors (Lipinski definition) is 1. The molecule has 1 N–H and O–H groups in total. The molecule has 4 rings (SSSR count). The summed E-state index contributed by atoms with van der Waals surface area (Å²) >= 11 is 0. The van der Waals surface area contributed by atoms with Gasteiger partial charge in [0.1, 0.15) is 11.5 Å². The van der Waals surface area contributed by atoms with Crippen LogP contribution in [0.4, 0.5) is 5.69 Å². The maximum Gasteiger partial charge on any atom is 0.267 e. The van der Waals surface area contributed by atoms with Gasteiger partial charge in [-0.05, 0) is 57.1 Å². The van der Waals surface area contributed by atoms with Crippen molar-refractivity contribution in [2.75, 3.05) is 31.1 Å².